The van der Waals surface area contributed by atoms with Crippen LogP contribution in [-0.2, 0) is 0 Å². The molecule has 1 atom stereocenters. The largest absolute Gasteiger partial charge is 0.342 e. The van der Waals surface area contributed by atoms with Crippen molar-refractivity contribution in [2.24, 2.45) is 5.92 Å². The highest BCUT2D eigenvalue weighted by molar-refractivity contribution is 5.94. The Labute approximate surface area is 136 Å². The first kappa shape index (κ1) is 15.3. The van der Waals surface area contributed by atoms with Crippen molar-refractivity contribution in [3.63, 3.8) is 0 Å². The lowest BCUT2D eigenvalue weighted by Crippen LogP contribution is -2.32. The summed E-state index contributed by atoms with van der Waals surface area (Å²) in [6, 6.07) is 15.3. The normalized spacial score (nSPS) is 12.5. The van der Waals surface area contributed by atoms with Gasteiger partial charge in [0.2, 0.25) is 0 Å². The van der Waals surface area contributed by atoms with Crippen LogP contribution in [0.1, 0.15) is 41.6 Å². The maximum absolute atomic E-state index is 12.5. The van der Waals surface area contributed by atoms with Gasteiger partial charge in [0.05, 0.1) is 17.1 Å². The van der Waals surface area contributed by atoms with Crippen LogP contribution < -0.4 is 5.32 Å². The molecular formula is C19H21N3O. The van der Waals surface area contributed by atoms with Crippen molar-refractivity contribution in [2.45, 2.75) is 26.8 Å². The molecule has 3 aromatic rings. The van der Waals surface area contributed by atoms with Crippen LogP contribution in [0.25, 0.3) is 11.0 Å². The van der Waals surface area contributed by atoms with E-state index in [4.69, 9.17) is 0 Å². The van der Waals surface area contributed by atoms with Crippen LogP contribution in [0.5, 0.6) is 0 Å². The molecule has 1 heterocycles. The van der Waals surface area contributed by atoms with Crippen LogP contribution in [0.2, 0.25) is 0 Å². The van der Waals surface area contributed by atoms with Crippen LogP contribution in [0, 0.1) is 12.8 Å². The van der Waals surface area contributed by atoms with E-state index in [9.17, 15) is 4.79 Å². The number of H-pyrrole nitrogens is 1. The van der Waals surface area contributed by atoms with Gasteiger partial charge in [0, 0.05) is 5.56 Å². The van der Waals surface area contributed by atoms with E-state index in [-0.39, 0.29) is 17.9 Å². The lowest BCUT2D eigenvalue weighted by atomic mass is 10.0. The van der Waals surface area contributed by atoms with Gasteiger partial charge in [-0.25, -0.2) is 4.98 Å². The van der Waals surface area contributed by atoms with E-state index in [0.717, 1.165) is 22.4 Å². The van der Waals surface area contributed by atoms with Gasteiger partial charge >= 0.3 is 0 Å². The Morgan fingerprint density at radius 3 is 2.61 bits per heavy atom. The lowest BCUT2D eigenvalue weighted by Gasteiger charge is -2.20. The molecule has 0 fully saturated rings. The first-order valence-electron chi connectivity index (χ1n) is 7.87. The summed E-state index contributed by atoms with van der Waals surface area (Å²) in [4.78, 5) is 20.5. The van der Waals surface area contributed by atoms with Gasteiger partial charge in [-0.1, -0.05) is 43.7 Å². The van der Waals surface area contributed by atoms with Crippen molar-refractivity contribution < 1.29 is 4.79 Å². The molecule has 0 unspecified atom stereocenters. The Morgan fingerprint density at radius 1 is 1.13 bits per heavy atom. The number of rotatable bonds is 4. The SMILES string of the molecule is Cc1cccc(C(=O)N[C@@H](c2nc3ccccc3[nH]2)C(C)C)c1. The Kier molecular flexibility index (Phi) is 4.15. The smallest absolute Gasteiger partial charge is 0.251 e. The van der Waals surface area contributed by atoms with Crippen molar-refractivity contribution in [3.05, 3.63) is 65.5 Å². The first-order chi connectivity index (χ1) is 11.0. The quantitative estimate of drug-likeness (QED) is 0.765. The number of amides is 1. The Morgan fingerprint density at radius 2 is 1.91 bits per heavy atom. The topological polar surface area (TPSA) is 57.8 Å². The third-order valence-corrected chi connectivity index (χ3v) is 3.94. The Balaban J connectivity index is 1.88. The second-order valence-electron chi connectivity index (χ2n) is 6.20. The molecule has 0 radical (unpaired) electrons. The van der Waals surface area contributed by atoms with Gasteiger partial charge in [-0.2, -0.15) is 0 Å². The third-order valence-electron chi connectivity index (χ3n) is 3.94. The number of aryl methyl sites for hydroxylation is 1. The third kappa shape index (κ3) is 3.26. The molecule has 118 valence electrons. The van der Waals surface area contributed by atoms with Gasteiger partial charge in [-0.05, 0) is 37.1 Å². The highest BCUT2D eigenvalue weighted by Gasteiger charge is 2.22. The summed E-state index contributed by atoms with van der Waals surface area (Å²) < 4.78 is 0. The zero-order chi connectivity index (χ0) is 16.4. The number of carbonyl (C=O) groups excluding carboxylic acids is 1. The second kappa shape index (κ2) is 6.24. The van der Waals surface area contributed by atoms with Crippen molar-refractivity contribution >= 4 is 16.9 Å². The van der Waals surface area contributed by atoms with E-state index < -0.39 is 0 Å². The van der Waals surface area contributed by atoms with Crippen molar-refractivity contribution in [1.29, 1.82) is 0 Å². The molecule has 0 aliphatic carbocycles. The van der Waals surface area contributed by atoms with E-state index in [1.807, 2.05) is 55.5 Å². The summed E-state index contributed by atoms with van der Waals surface area (Å²) in [5, 5.41) is 3.10. The number of hydrogen-bond donors (Lipinski definition) is 2. The summed E-state index contributed by atoms with van der Waals surface area (Å²) in [7, 11) is 0. The van der Waals surface area contributed by atoms with Gasteiger partial charge < -0.3 is 10.3 Å². The maximum Gasteiger partial charge on any atom is 0.251 e. The van der Waals surface area contributed by atoms with E-state index in [1.165, 1.54) is 0 Å². The van der Waals surface area contributed by atoms with Crippen LogP contribution in [-0.4, -0.2) is 15.9 Å². The van der Waals surface area contributed by atoms with Crippen molar-refractivity contribution in [2.75, 3.05) is 0 Å². The summed E-state index contributed by atoms with van der Waals surface area (Å²) >= 11 is 0. The molecule has 0 spiro atoms. The van der Waals surface area contributed by atoms with Gasteiger partial charge in [-0.15, -0.1) is 0 Å². The second-order valence-corrected chi connectivity index (χ2v) is 6.20. The molecule has 0 aliphatic rings. The molecule has 4 nitrogen and oxygen atoms in total. The van der Waals surface area contributed by atoms with Gasteiger partial charge in [0.25, 0.3) is 5.91 Å². The van der Waals surface area contributed by atoms with E-state index in [1.54, 1.807) is 0 Å². The van der Waals surface area contributed by atoms with E-state index in [0.29, 0.717) is 5.56 Å². The minimum Gasteiger partial charge on any atom is -0.342 e. The predicted octanol–water partition coefficient (Wildman–Crippen LogP) is 4.00. The van der Waals surface area contributed by atoms with Gasteiger partial charge in [0.1, 0.15) is 5.82 Å². The average molecular weight is 307 g/mol. The number of nitrogens with one attached hydrogen (secondary N) is 2. The zero-order valence-corrected chi connectivity index (χ0v) is 13.6. The molecule has 0 aliphatic heterocycles. The molecule has 23 heavy (non-hydrogen) atoms. The fraction of sp³-hybridized carbons (Fsp3) is 0.263. The highest BCUT2D eigenvalue weighted by Crippen LogP contribution is 2.22. The van der Waals surface area contributed by atoms with E-state index >= 15 is 0 Å². The number of fused-ring (bicyclic) bond motifs is 1. The number of carbonyl (C=O) groups is 1. The average Bonchev–Trinajstić information content (AvgIpc) is 2.95. The van der Waals surface area contributed by atoms with Crippen LogP contribution in [0.15, 0.2) is 48.5 Å². The minimum atomic E-state index is -0.157. The number of nitrogens with zero attached hydrogens (tertiary/aromatic N) is 1. The molecule has 2 aromatic carbocycles. The number of para-hydroxylation sites is 2. The molecule has 0 saturated carbocycles. The lowest BCUT2D eigenvalue weighted by molar-refractivity contribution is 0.0923. The zero-order valence-electron chi connectivity index (χ0n) is 13.6. The van der Waals surface area contributed by atoms with Crippen LogP contribution in [0.3, 0.4) is 0 Å². The molecule has 1 aromatic heterocycles. The van der Waals surface area contributed by atoms with Crippen molar-refractivity contribution in [3.8, 4) is 0 Å². The maximum atomic E-state index is 12.5. The molecule has 3 rings (SSSR count). The Hall–Kier alpha value is -2.62. The molecule has 0 bridgehead atoms. The summed E-state index contributed by atoms with van der Waals surface area (Å²) in [5.41, 5.74) is 3.64. The van der Waals surface area contributed by atoms with E-state index in [2.05, 4.69) is 29.1 Å². The van der Waals surface area contributed by atoms with Crippen molar-refractivity contribution in [1.82, 2.24) is 15.3 Å². The molecule has 0 saturated heterocycles. The number of imidazole rings is 1. The molecule has 1 amide bonds. The fourth-order valence-corrected chi connectivity index (χ4v) is 2.68. The standard InChI is InChI=1S/C19H21N3O/c1-12(2)17(18-20-15-9-4-5-10-16(15)21-18)22-19(23)14-8-6-7-13(3)11-14/h4-12,17H,1-3H3,(H,20,21)(H,22,23)/t17-/m1/s1. The molecule has 2 N–H and O–H groups in total. The van der Waals surface area contributed by atoms with Crippen LogP contribution >= 0.6 is 0 Å². The monoisotopic (exact) mass is 307 g/mol. The number of aromatic nitrogens is 2. The fourth-order valence-electron chi connectivity index (χ4n) is 2.68. The van der Waals surface area contributed by atoms with Crippen LogP contribution in [0.4, 0.5) is 0 Å². The summed E-state index contributed by atoms with van der Waals surface area (Å²) in [5.74, 6) is 0.944. The summed E-state index contributed by atoms with van der Waals surface area (Å²) in [6.45, 7) is 6.14. The minimum absolute atomic E-state index is 0.0761. The van der Waals surface area contributed by atoms with Gasteiger partial charge in [-0.3, -0.25) is 4.79 Å². The molecular weight excluding hydrogens is 286 g/mol. The summed E-state index contributed by atoms with van der Waals surface area (Å²) in [6.07, 6.45) is 0. The van der Waals surface area contributed by atoms with Gasteiger partial charge in [0.15, 0.2) is 0 Å². The molecule has 4 heteroatoms. The number of aromatic amines is 1. The first-order valence-corrected chi connectivity index (χ1v) is 7.87. The Bertz CT molecular complexity index is 802. The highest BCUT2D eigenvalue weighted by atomic mass is 16.1. The number of benzene rings is 2. The number of hydrogen-bond acceptors (Lipinski definition) is 2. The predicted molar refractivity (Wildman–Crippen MR) is 92.3 cm³/mol.